The molecule has 30 heavy (non-hydrogen) atoms. The molecule has 0 aromatic heterocycles. The van der Waals surface area contributed by atoms with Crippen LogP contribution in [-0.4, -0.2) is 41.6 Å². The number of thioether (sulfide) groups is 1. The minimum Gasteiger partial charge on any atom is -0.494 e. The summed E-state index contributed by atoms with van der Waals surface area (Å²) < 4.78 is 19.3. The summed E-state index contributed by atoms with van der Waals surface area (Å²) in [5.74, 6) is -0.382. The number of para-hydroxylation sites is 1. The molecule has 8 heteroatoms. The number of nitrogens with zero attached hydrogens (tertiary/aromatic N) is 1. The molecule has 3 rings (SSSR count). The minimum atomic E-state index is -0.487. The van der Waals surface area contributed by atoms with Crippen LogP contribution < -0.4 is 10.1 Å². The Balaban J connectivity index is 1.40. The second-order valence-electron chi connectivity index (χ2n) is 6.47. The number of hydrogen-bond donors (Lipinski definition) is 1. The zero-order valence-corrected chi connectivity index (χ0v) is 17.0. The van der Waals surface area contributed by atoms with E-state index >= 15 is 0 Å². The number of ether oxygens (including phenoxy) is 1. The summed E-state index contributed by atoms with van der Waals surface area (Å²) in [6.07, 6.45) is 2.20. The number of hydrogen-bond acceptors (Lipinski definition) is 5. The van der Waals surface area contributed by atoms with E-state index in [1.54, 1.807) is 12.1 Å². The van der Waals surface area contributed by atoms with Crippen LogP contribution in [0.4, 0.5) is 9.18 Å². The van der Waals surface area contributed by atoms with Crippen molar-refractivity contribution in [1.82, 2.24) is 10.2 Å². The van der Waals surface area contributed by atoms with Crippen LogP contribution in [0.3, 0.4) is 0 Å². The summed E-state index contributed by atoms with van der Waals surface area (Å²) in [4.78, 5) is 37.6. The minimum absolute atomic E-state index is 0.0610. The van der Waals surface area contributed by atoms with E-state index in [2.05, 4.69) is 5.32 Å². The van der Waals surface area contributed by atoms with Crippen LogP contribution in [0.5, 0.6) is 5.75 Å². The molecule has 3 amide bonds. The van der Waals surface area contributed by atoms with E-state index in [1.165, 1.54) is 18.2 Å². The normalized spacial score (nSPS) is 15.0. The predicted octanol–water partition coefficient (Wildman–Crippen LogP) is 3.84. The molecule has 0 saturated carbocycles. The molecule has 1 aliphatic heterocycles. The van der Waals surface area contributed by atoms with E-state index in [1.807, 2.05) is 30.3 Å². The first-order valence-corrected chi connectivity index (χ1v) is 10.3. The van der Waals surface area contributed by atoms with Crippen molar-refractivity contribution in [3.63, 3.8) is 0 Å². The van der Waals surface area contributed by atoms with Gasteiger partial charge in [0.05, 0.1) is 11.5 Å². The van der Waals surface area contributed by atoms with Crippen LogP contribution in [0.25, 0.3) is 6.08 Å². The predicted molar refractivity (Wildman–Crippen MR) is 113 cm³/mol. The molecule has 2 aromatic carbocycles. The highest BCUT2D eigenvalue weighted by atomic mass is 32.2. The van der Waals surface area contributed by atoms with Gasteiger partial charge in [-0.25, -0.2) is 4.39 Å². The Morgan fingerprint density at radius 2 is 1.83 bits per heavy atom. The summed E-state index contributed by atoms with van der Waals surface area (Å²) in [6, 6.07) is 15.4. The lowest BCUT2D eigenvalue weighted by molar-refractivity contribution is -0.124. The summed E-state index contributed by atoms with van der Waals surface area (Å²) >= 11 is 0.762. The van der Waals surface area contributed by atoms with Crippen LogP contribution in [-0.2, 0) is 9.59 Å². The summed E-state index contributed by atoms with van der Waals surface area (Å²) in [5, 5.41) is 2.26. The van der Waals surface area contributed by atoms with E-state index in [0.29, 0.717) is 13.0 Å². The molecule has 0 spiro atoms. The van der Waals surface area contributed by atoms with Gasteiger partial charge in [-0.15, -0.1) is 0 Å². The molecule has 6 nitrogen and oxygen atoms in total. The number of carbonyl (C=O) groups excluding carboxylic acids is 3. The molecule has 0 radical (unpaired) electrons. The second-order valence-corrected chi connectivity index (χ2v) is 7.46. The molecule has 0 bridgehead atoms. The molecular weight excluding hydrogens is 407 g/mol. The maximum atomic E-state index is 13.8. The molecule has 1 fully saturated rings. The lowest BCUT2D eigenvalue weighted by Crippen LogP contribution is -2.37. The molecule has 1 aliphatic rings. The molecule has 1 saturated heterocycles. The van der Waals surface area contributed by atoms with Crippen molar-refractivity contribution in [1.29, 1.82) is 0 Å². The Morgan fingerprint density at radius 1 is 1.10 bits per heavy atom. The van der Waals surface area contributed by atoms with Gasteiger partial charge in [-0.3, -0.25) is 19.3 Å². The average Bonchev–Trinajstić information content (AvgIpc) is 3.01. The fourth-order valence-corrected chi connectivity index (χ4v) is 3.62. The molecule has 2 aromatic rings. The smallest absolute Gasteiger partial charge is 0.293 e. The Kier molecular flexibility index (Phi) is 7.62. The fraction of sp³-hybridized carbons (Fsp3) is 0.227. The first-order valence-electron chi connectivity index (χ1n) is 9.49. The highest BCUT2D eigenvalue weighted by Gasteiger charge is 2.34. The van der Waals surface area contributed by atoms with E-state index < -0.39 is 17.0 Å². The van der Waals surface area contributed by atoms with E-state index in [0.717, 1.165) is 22.4 Å². The molecule has 156 valence electrons. The van der Waals surface area contributed by atoms with Crippen LogP contribution in [0.1, 0.15) is 18.4 Å². The van der Waals surface area contributed by atoms with E-state index in [4.69, 9.17) is 4.74 Å². The van der Waals surface area contributed by atoms with Crippen molar-refractivity contribution in [2.45, 2.75) is 12.8 Å². The van der Waals surface area contributed by atoms with E-state index in [9.17, 15) is 18.8 Å². The van der Waals surface area contributed by atoms with Crippen molar-refractivity contribution in [2.75, 3.05) is 19.7 Å². The largest absolute Gasteiger partial charge is 0.494 e. The number of nitrogens with one attached hydrogen (secondary N) is 1. The Bertz CT molecular complexity index is 949. The molecule has 0 aliphatic carbocycles. The second kappa shape index (κ2) is 10.6. The highest BCUT2D eigenvalue weighted by molar-refractivity contribution is 8.18. The summed E-state index contributed by atoms with van der Waals surface area (Å²) in [7, 11) is 0. The maximum absolute atomic E-state index is 13.8. The van der Waals surface area contributed by atoms with Gasteiger partial charge in [0.1, 0.15) is 11.6 Å². The van der Waals surface area contributed by atoms with Gasteiger partial charge in [-0.1, -0.05) is 36.4 Å². The Hall–Kier alpha value is -3.13. The third kappa shape index (κ3) is 5.93. The van der Waals surface area contributed by atoms with Crippen molar-refractivity contribution in [3.05, 3.63) is 70.9 Å². The average molecular weight is 428 g/mol. The number of rotatable bonds is 9. The van der Waals surface area contributed by atoms with Crippen LogP contribution in [0.15, 0.2) is 59.5 Å². The number of benzene rings is 2. The van der Waals surface area contributed by atoms with Crippen molar-refractivity contribution < 1.29 is 23.5 Å². The van der Waals surface area contributed by atoms with Gasteiger partial charge < -0.3 is 10.1 Å². The maximum Gasteiger partial charge on any atom is 0.293 e. The first-order chi connectivity index (χ1) is 14.5. The topological polar surface area (TPSA) is 75.7 Å². The molecule has 1 N–H and O–H groups in total. The zero-order chi connectivity index (χ0) is 21.3. The Labute approximate surface area is 178 Å². The third-order valence-corrected chi connectivity index (χ3v) is 5.19. The summed E-state index contributed by atoms with van der Waals surface area (Å²) in [5.41, 5.74) is 0.244. The molecule has 1 heterocycles. The van der Waals surface area contributed by atoms with Gasteiger partial charge in [0, 0.05) is 25.1 Å². The van der Waals surface area contributed by atoms with Gasteiger partial charge in [0.25, 0.3) is 11.1 Å². The Morgan fingerprint density at radius 3 is 2.60 bits per heavy atom. The quantitative estimate of drug-likeness (QED) is 0.485. The molecule has 0 atom stereocenters. The number of carbonyl (C=O) groups is 3. The van der Waals surface area contributed by atoms with Gasteiger partial charge in [0.15, 0.2) is 0 Å². The molecular formula is C22H21FN2O4S. The van der Waals surface area contributed by atoms with Crippen molar-refractivity contribution in [2.24, 2.45) is 0 Å². The number of imide groups is 1. The number of halogens is 1. The van der Waals surface area contributed by atoms with Gasteiger partial charge in [-0.05, 0) is 42.5 Å². The lowest BCUT2D eigenvalue weighted by atomic mass is 10.2. The highest BCUT2D eigenvalue weighted by Crippen LogP contribution is 2.32. The van der Waals surface area contributed by atoms with Crippen LogP contribution >= 0.6 is 11.8 Å². The van der Waals surface area contributed by atoms with Crippen LogP contribution in [0, 0.1) is 5.82 Å². The first kappa shape index (κ1) is 21.6. The van der Waals surface area contributed by atoms with Gasteiger partial charge in [0.2, 0.25) is 5.91 Å². The van der Waals surface area contributed by atoms with Gasteiger partial charge in [-0.2, -0.15) is 0 Å². The standard InChI is InChI=1S/C22H21FN2O4S/c23-18-10-5-4-7-16(18)15-19-21(27)25(22(28)30-19)13-12-24-20(26)11-6-14-29-17-8-2-1-3-9-17/h1-5,7-10,15H,6,11-14H2,(H,24,26). The van der Waals surface area contributed by atoms with Crippen molar-refractivity contribution >= 4 is 34.9 Å². The SMILES string of the molecule is O=C(CCCOc1ccccc1)NCCN1C(=O)SC(=Cc2ccccc2F)C1=O. The fourth-order valence-electron chi connectivity index (χ4n) is 2.76. The van der Waals surface area contributed by atoms with E-state index in [-0.39, 0.29) is 35.9 Å². The third-order valence-electron chi connectivity index (χ3n) is 4.28. The van der Waals surface area contributed by atoms with Crippen molar-refractivity contribution in [3.8, 4) is 5.75 Å². The monoisotopic (exact) mass is 428 g/mol. The van der Waals surface area contributed by atoms with Crippen LogP contribution in [0.2, 0.25) is 0 Å². The summed E-state index contributed by atoms with van der Waals surface area (Å²) in [6.45, 7) is 0.635. The zero-order valence-electron chi connectivity index (χ0n) is 16.2. The lowest BCUT2D eigenvalue weighted by Gasteiger charge is -2.13. The molecule has 0 unspecified atom stereocenters. The number of amides is 3. The van der Waals surface area contributed by atoms with Gasteiger partial charge >= 0.3 is 0 Å².